The van der Waals surface area contributed by atoms with Crippen LogP contribution in [0, 0.1) is 0 Å². The normalized spacial score (nSPS) is 11.1. The van der Waals surface area contributed by atoms with E-state index < -0.39 is 0 Å². The molecule has 0 N–H and O–H groups in total. The summed E-state index contributed by atoms with van der Waals surface area (Å²) in [7, 11) is 2.27. The van der Waals surface area contributed by atoms with Gasteiger partial charge in [0.15, 0.2) is 0 Å². The van der Waals surface area contributed by atoms with Crippen molar-refractivity contribution >= 4 is 19.2 Å². The lowest BCUT2D eigenvalue weighted by Crippen LogP contribution is -1.87. The Bertz CT molecular complexity index is 30.9. The van der Waals surface area contributed by atoms with Crippen LogP contribution >= 0.6 is 19.2 Å². The Labute approximate surface area is 51.0 Å². The fourth-order valence-corrected chi connectivity index (χ4v) is 0.962. The SMILES string of the molecule is COCCCPCl. The van der Waals surface area contributed by atoms with Crippen LogP contribution in [0.1, 0.15) is 6.42 Å². The van der Waals surface area contributed by atoms with Crippen LogP contribution in [0.2, 0.25) is 0 Å². The van der Waals surface area contributed by atoms with Crippen LogP contribution in [-0.2, 0) is 4.74 Å². The molecule has 0 fully saturated rings. The van der Waals surface area contributed by atoms with Gasteiger partial charge in [-0.2, -0.15) is 0 Å². The van der Waals surface area contributed by atoms with E-state index in [-0.39, 0.29) is 0 Å². The number of hydrogen-bond acceptors (Lipinski definition) is 1. The van der Waals surface area contributed by atoms with E-state index in [1.54, 1.807) is 7.11 Å². The van der Waals surface area contributed by atoms with Gasteiger partial charge in [-0.3, -0.25) is 0 Å². The quantitative estimate of drug-likeness (QED) is 0.428. The van der Waals surface area contributed by atoms with E-state index in [0.717, 1.165) is 19.2 Å². The molecule has 1 nitrogen and oxygen atoms in total. The van der Waals surface area contributed by atoms with E-state index in [1.807, 2.05) is 0 Å². The minimum absolute atomic E-state index is 0.560. The smallest absolute Gasteiger partial charge is 0.0465 e. The van der Waals surface area contributed by atoms with Crippen molar-refractivity contribution in [3.05, 3.63) is 0 Å². The molecule has 0 aliphatic carbocycles. The lowest BCUT2D eigenvalue weighted by Gasteiger charge is -1.91. The van der Waals surface area contributed by atoms with Crippen LogP contribution in [0.5, 0.6) is 0 Å². The highest BCUT2D eigenvalue weighted by Crippen LogP contribution is 2.15. The Morgan fingerprint density at radius 2 is 2.43 bits per heavy atom. The van der Waals surface area contributed by atoms with E-state index in [0.29, 0.717) is 7.93 Å². The fraction of sp³-hybridized carbons (Fsp3) is 1.00. The molecule has 0 saturated heterocycles. The summed E-state index contributed by atoms with van der Waals surface area (Å²) in [5.41, 5.74) is 0. The van der Waals surface area contributed by atoms with Gasteiger partial charge in [-0.15, -0.1) is 11.2 Å². The van der Waals surface area contributed by atoms with Gasteiger partial charge >= 0.3 is 0 Å². The predicted octanol–water partition coefficient (Wildman–Crippen LogP) is 1.86. The van der Waals surface area contributed by atoms with Crippen LogP contribution in [-0.4, -0.2) is 19.9 Å². The summed E-state index contributed by atoms with van der Waals surface area (Å²) in [6.07, 6.45) is 2.19. The number of hydrogen-bond donors (Lipinski definition) is 0. The summed E-state index contributed by atoms with van der Waals surface area (Å²) in [6, 6.07) is 0. The molecule has 0 bridgehead atoms. The van der Waals surface area contributed by atoms with Gasteiger partial charge in [-0.1, -0.05) is 0 Å². The zero-order chi connectivity index (χ0) is 5.54. The minimum Gasteiger partial charge on any atom is -0.385 e. The van der Waals surface area contributed by atoms with Gasteiger partial charge in [0.1, 0.15) is 0 Å². The number of halogens is 1. The molecule has 0 aromatic carbocycles. The van der Waals surface area contributed by atoms with Crippen molar-refractivity contribution in [3.63, 3.8) is 0 Å². The van der Waals surface area contributed by atoms with Gasteiger partial charge in [-0.05, 0) is 20.5 Å². The first-order chi connectivity index (χ1) is 3.41. The van der Waals surface area contributed by atoms with Crippen molar-refractivity contribution in [2.24, 2.45) is 0 Å². The van der Waals surface area contributed by atoms with Gasteiger partial charge in [-0.25, -0.2) is 0 Å². The molecule has 0 amide bonds. The first-order valence-corrected chi connectivity index (χ1v) is 4.46. The first-order valence-electron chi connectivity index (χ1n) is 2.24. The molecule has 1 atom stereocenters. The molecule has 3 heteroatoms. The molecular weight excluding hydrogens is 130 g/mol. The fourth-order valence-electron chi connectivity index (χ4n) is 0.283. The van der Waals surface area contributed by atoms with Crippen LogP contribution < -0.4 is 0 Å². The van der Waals surface area contributed by atoms with Gasteiger partial charge in [0.25, 0.3) is 0 Å². The monoisotopic (exact) mass is 140 g/mol. The van der Waals surface area contributed by atoms with Gasteiger partial charge in [0, 0.05) is 13.7 Å². The molecule has 0 radical (unpaired) electrons. The highest BCUT2D eigenvalue weighted by atomic mass is 35.7. The second-order valence-corrected chi connectivity index (χ2v) is 2.80. The largest absolute Gasteiger partial charge is 0.385 e. The number of methoxy groups -OCH3 is 1. The lowest BCUT2D eigenvalue weighted by atomic mass is 10.5. The van der Waals surface area contributed by atoms with Crippen molar-refractivity contribution < 1.29 is 4.74 Å². The van der Waals surface area contributed by atoms with Crippen LogP contribution in [0.25, 0.3) is 0 Å². The van der Waals surface area contributed by atoms with Crippen molar-refractivity contribution in [1.29, 1.82) is 0 Å². The predicted molar refractivity (Wildman–Crippen MR) is 35.5 cm³/mol. The molecule has 0 saturated carbocycles. The molecule has 44 valence electrons. The number of rotatable bonds is 4. The summed E-state index contributed by atoms with van der Waals surface area (Å²) >= 11 is 5.41. The second-order valence-electron chi connectivity index (χ2n) is 1.23. The summed E-state index contributed by atoms with van der Waals surface area (Å²) < 4.78 is 4.79. The maximum atomic E-state index is 5.41. The molecule has 0 aliphatic rings. The summed E-state index contributed by atoms with van der Waals surface area (Å²) in [6.45, 7) is 0.847. The molecule has 0 aromatic rings. The Balaban J connectivity index is 2.45. The molecule has 0 spiro atoms. The molecule has 0 heterocycles. The Hall–Kier alpha value is 0.680. The maximum absolute atomic E-state index is 5.41. The Morgan fingerprint density at radius 3 is 2.86 bits per heavy atom. The Kier molecular flexibility index (Phi) is 7.33. The molecule has 1 unspecified atom stereocenters. The number of ether oxygens (including phenoxy) is 1. The van der Waals surface area contributed by atoms with Crippen molar-refractivity contribution in [2.45, 2.75) is 6.42 Å². The van der Waals surface area contributed by atoms with E-state index >= 15 is 0 Å². The third-order valence-electron chi connectivity index (χ3n) is 0.620. The average Bonchev–Trinajstić information content (AvgIpc) is 1.69. The van der Waals surface area contributed by atoms with Crippen LogP contribution in [0.3, 0.4) is 0 Å². The second kappa shape index (κ2) is 6.68. The topological polar surface area (TPSA) is 9.23 Å². The molecular formula is C4H10ClOP. The maximum Gasteiger partial charge on any atom is 0.0465 e. The van der Waals surface area contributed by atoms with Crippen LogP contribution in [0.15, 0.2) is 0 Å². The van der Waals surface area contributed by atoms with E-state index in [2.05, 4.69) is 0 Å². The zero-order valence-corrected chi connectivity index (χ0v) is 6.16. The summed E-state index contributed by atoms with van der Waals surface area (Å²) in [5.74, 6) is 0. The van der Waals surface area contributed by atoms with Crippen molar-refractivity contribution in [3.8, 4) is 0 Å². The summed E-state index contributed by atoms with van der Waals surface area (Å²) in [5, 5.41) is 0. The first kappa shape index (κ1) is 7.68. The highest BCUT2D eigenvalue weighted by Gasteiger charge is 1.81. The Morgan fingerprint density at radius 1 is 1.71 bits per heavy atom. The minimum atomic E-state index is 0.560. The van der Waals surface area contributed by atoms with Crippen LogP contribution in [0.4, 0.5) is 0 Å². The molecule has 0 aliphatic heterocycles. The van der Waals surface area contributed by atoms with E-state index in [4.69, 9.17) is 16.0 Å². The third kappa shape index (κ3) is 6.68. The van der Waals surface area contributed by atoms with Gasteiger partial charge < -0.3 is 4.74 Å². The zero-order valence-electron chi connectivity index (χ0n) is 4.41. The van der Waals surface area contributed by atoms with Gasteiger partial charge in [0.2, 0.25) is 0 Å². The summed E-state index contributed by atoms with van der Waals surface area (Å²) in [4.78, 5) is 0. The molecule has 0 rings (SSSR count). The van der Waals surface area contributed by atoms with Gasteiger partial charge in [0.05, 0.1) is 0 Å². The van der Waals surface area contributed by atoms with Crippen molar-refractivity contribution in [1.82, 2.24) is 0 Å². The van der Waals surface area contributed by atoms with E-state index in [9.17, 15) is 0 Å². The standard InChI is InChI=1S/C4H10ClOP/c1-6-3-2-4-7-5/h7H,2-4H2,1H3. The molecule has 7 heavy (non-hydrogen) atoms. The lowest BCUT2D eigenvalue weighted by molar-refractivity contribution is 0.200. The third-order valence-corrected chi connectivity index (χ3v) is 1.73. The van der Waals surface area contributed by atoms with Crippen molar-refractivity contribution in [2.75, 3.05) is 19.9 Å². The highest BCUT2D eigenvalue weighted by molar-refractivity contribution is 7.68. The van der Waals surface area contributed by atoms with E-state index in [1.165, 1.54) is 0 Å². The molecule has 0 aromatic heterocycles. The average molecular weight is 141 g/mol.